The normalized spacial score (nSPS) is 14.3. The van der Waals surface area contributed by atoms with Crippen molar-refractivity contribution in [1.82, 2.24) is 9.55 Å². The van der Waals surface area contributed by atoms with Crippen LogP contribution in [0.15, 0.2) is 62.5 Å². The number of carbonyl (C=O) groups is 1. The lowest BCUT2D eigenvalue weighted by Gasteiger charge is -2.30. The first-order chi connectivity index (χ1) is 15.1. The number of nitrogens with one attached hydrogen (secondary N) is 1. The molecule has 2 aromatic carbocycles. The molecule has 158 valence electrons. The molecule has 1 aliphatic rings. The van der Waals surface area contributed by atoms with E-state index in [0.717, 1.165) is 28.6 Å². The van der Waals surface area contributed by atoms with Crippen LogP contribution in [0.4, 0.5) is 11.4 Å². The Morgan fingerprint density at radius 3 is 2.81 bits per heavy atom. The van der Waals surface area contributed by atoms with E-state index in [4.69, 9.17) is 9.15 Å². The SMILES string of the molecule is O=C(Cn1cnc2c(oc3ccccc32)c1=O)Nc1cc(Br)ccc1N1CCOCC1. The number of ether oxygens (including phenoxy) is 1. The molecular formula is C22H19BrN4O4. The van der Waals surface area contributed by atoms with E-state index in [1.165, 1.54) is 10.9 Å². The van der Waals surface area contributed by atoms with Gasteiger partial charge in [0.25, 0.3) is 5.56 Å². The second-order valence-electron chi connectivity index (χ2n) is 7.26. The summed E-state index contributed by atoms with van der Waals surface area (Å²) in [6.45, 7) is 2.60. The Morgan fingerprint density at radius 1 is 1.16 bits per heavy atom. The summed E-state index contributed by atoms with van der Waals surface area (Å²) in [6.07, 6.45) is 1.38. The van der Waals surface area contributed by atoms with E-state index in [9.17, 15) is 9.59 Å². The standard InChI is InChI=1S/C22H19BrN4O4/c23-14-5-6-17(26-7-9-30-10-8-26)16(11-14)25-19(28)12-27-13-24-20-15-3-1-2-4-18(15)31-21(20)22(27)29/h1-6,11,13H,7-10,12H2,(H,25,28). The number of hydrogen-bond donors (Lipinski definition) is 1. The molecule has 1 amide bonds. The number of benzene rings is 2. The minimum atomic E-state index is -0.390. The molecule has 0 unspecified atom stereocenters. The summed E-state index contributed by atoms with van der Waals surface area (Å²) < 4.78 is 13.2. The number of anilines is 2. The second kappa shape index (κ2) is 8.16. The second-order valence-corrected chi connectivity index (χ2v) is 8.18. The molecule has 0 radical (unpaired) electrons. The van der Waals surface area contributed by atoms with Crippen LogP contribution in [0.3, 0.4) is 0 Å². The minimum absolute atomic E-state index is 0.146. The van der Waals surface area contributed by atoms with E-state index in [1.807, 2.05) is 36.4 Å². The number of furan rings is 1. The van der Waals surface area contributed by atoms with Crippen molar-refractivity contribution in [3.8, 4) is 0 Å². The number of halogens is 1. The molecule has 2 aromatic heterocycles. The van der Waals surface area contributed by atoms with Crippen LogP contribution in [0.5, 0.6) is 0 Å². The van der Waals surface area contributed by atoms with E-state index < -0.39 is 0 Å². The van der Waals surface area contributed by atoms with Crippen LogP contribution in [-0.2, 0) is 16.1 Å². The Morgan fingerprint density at radius 2 is 1.97 bits per heavy atom. The molecule has 1 fully saturated rings. The molecule has 4 aromatic rings. The maximum Gasteiger partial charge on any atom is 0.297 e. The quantitative estimate of drug-likeness (QED) is 0.479. The minimum Gasteiger partial charge on any atom is -0.448 e. The van der Waals surface area contributed by atoms with Gasteiger partial charge in [-0.1, -0.05) is 28.1 Å². The van der Waals surface area contributed by atoms with E-state index in [2.05, 4.69) is 31.1 Å². The number of rotatable bonds is 4. The summed E-state index contributed by atoms with van der Waals surface area (Å²) >= 11 is 3.46. The molecule has 8 nitrogen and oxygen atoms in total. The summed E-state index contributed by atoms with van der Waals surface area (Å²) in [4.78, 5) is 32.2. The van der Waals surface area contributed by atoms with Crippen LogP contribution < -0.4 is 15.8 Å². The van der Waals surface area contributed by atoms with Crippen LogP contribution in [0.2, 0.25) is 0 Å². The van der Waals surface area contributed by atoms with Crippen molar-refractivity contribution in [3.63, 3.8) is 0 Å². The zero-order chi connectivity index (χ0) is 21.4. The lowest BCUT2D eigenvalue weighted by atomic mass is 10.2. The topological polar surface area (TPSA) is 89.6 Å². The summed E-state index contributed by atoms with van der Waals surface area (Å²) in [5.74, 6) is -0.327. The summed E-state index contributed by atoms with van der Waals surface area (Å²) in [6, 6.07) is 13.1. The molecule has 1 aliphatic heterocycles. The highest BCUT2D eigenvalue weighted by molar-refractivity contribution is 9.10. The van der Waals surface area contributed by atoms with E-state index >= 15 is 0 Å². The van der Waals surface area contributed by atoms with Gasteiger partial charge in [-0.2, -0.15) is 0 Å². The molecule has 0 aliphatic carbocycles. The van der Waals surface area contributed by atoms with E-state index in [1.54, 1.807) is 6.07 Å². The number of amides is 1. The Labute approximate surface area is 185 Å². The van der Waals surface area contributed by atoms with Gasteiger partial charge in [-0.3, -0.25) is 14.2 Å². The third-order valence-electron chi connectivity index (χ3n) is 5.25. The van der Waals surface area contributed by atoms with Crippen molar-refractivity contribution in [2.45, 2.75) is 6.54 Å². The van der Waals surface area contributed by atoms with Crippen LogP contribution in [0.25, 0.3) is 22.1 Å². The molecular weight excluding hydrogens is 464 g/mol. The van der Waals surface area contributed by atoms with Crippen LogP contribution >= 0.6 is 15.9 Å². The van der Waals surface area contributed by atoms with Crippen molar-refractivity contribution in [3.05, 3.63) is 63.6 Å². The third-order valence-corrected chi connectivity index (χ3v) is 5.74. The van der Waals surface area contributed by atoms with Crippen molar-refractivity contribution >= 4 is 55.3 Å². The van der Waals surface area contributed by atoms with Crippen molar-refractivity contribution < 1.29 is 13.9 Å². The maximum atomic E-state index is 12.9. The van der Waals surface area contributed by atoms with Gasteiger partial charge >= 0.3 is 0 Å². The summed E-state index contributed by atoms with van der Waals surface area (Å²) in [5.41, 5.74) is 2.43. The fourth-order valence-electron chi connectivity index (χ4n) is 3.76. The van der Waals surface area contributed by atoms with Gasteiger partial charge in [-0.15, -0.1) is 0 Å². The van der Waals surface area contributed by atoms with Crippen LogP contribution in [-0.4, -0.2) is 41.8 Å². The van der Waals surface area contributed by atoms with Crippen molar-refractivity contribution in [1.29, 1.82) is 0 Å². The Kier molecular flexibility index (Phi) is 5.21. The molecule has 1 saturated heterocycles. The zero-order valence-electron chi connectivity index (χ0n) is 16.5. The summed E-state index contributed by atoms with van der Waals surface area (Å²) in [5, 5.41) is 3.70. The molecule has 0 atom stereocenters. The fraction of sp³-hybridized carbons (Fsp3) is 0.227. The molecule has 5 rings (SSSR count). The van der Waals surface area contributed by atoms with E-state index in [-0.39, 0.29) is 23.6 Å². The first kappa shape index (κ1) is 19.8. The first-order valence-corrected chi connectivity index (χ1v) is 10.7. The van der Waals surface area contributed by atoms with Gasteiger partial charge < -0.3 is 19.4 Å². The predicted molar refractivity (Wildman–Crippen MR) is 122 cm³/mol. The lowest BCUT2D eigenvalue weighted by Crippen LogP contribution is -2.37. The number of aromatic nitrogens is 2. The Hall–Kier alpha value is -3.17. The number of fused-ring (bicyclic) bond motifs is 3. The molecule has 1 N–H and O–H groups in total. The molecule has 9 heteroatoms. The van der Waals surface area contributed by atoms with Gasteiger partial charge in [0.15, 0.2) is 0 Å². The number of nitrogens with zero attached hydrogens (tertiary/aromatic N) is 3. The molecule has 0 saturated carbocycles. The Balaban J connectivity index is 1.41. The van der Waals surface area contributed by atoms with E-state index in [0.29, 0.717) is 30.0 Å². The lowest BCUT2D eigenvalue weighted by molar-refractivity contribution is -0.116. The van der Waals surface area contributed by atoms with Gasteiger partial charge in [0.05, 0.1) is 30.9 Å². The largest absolute Gasteiger partial charge is 0.448 e. The Bertz CT molecular complexity index is 1340. The number of morpholine rings is 1. The summed E-state index contributed by atoms with van der Waals surface area (Å²) in [7, 11) is 0. The number of hydrogen-bond acceptors (Lipinski definition) is 6. The van der Waals surface area contributed by atoms with Gasteiger partial charge in [-0.05, 0) is 30.3 Å². The van der Waals surface area contributed by atoms with Gasteiger partial charge in [-0.25, -0.2) is 4.98 Å². The van der Waals surface area contributed by atoms with Gasteiger partial charge in [0, 0.05) is 22.9 Å². The maximum absolute atomic E-state index is 12.9. The average molecular weight is 483 g/mol. The van der Waals surface area contributed by atoms with Gasteiger partial charge in [0.1, 0.15) is 17.6 Å². The zero-order valence-corrected chi connectivity index (χ0v) is 18.1. The third kappa shape index (κ3) is 3.82. The molecule has 31 heavy (non-hydrogen) atoms. The van der Waals surface area contributed by atoms with Crippen molar-refractivity contribution in [2.75, 3.05) is 36.5 Å². The number of para-hydroxylation sites is 1. The molecule has 3 heterocycles. The predicted octanol–water partition coefficient (Wildman–Crippen LogP) is 3.38. The smallest absolute Gasteiger partial charge is 0.297 e. The molecule has 0 spiro atoms. The van der Waals surface area contributed by atoms with Crippen molar-refractivity contribution in [2.24, 2.45) is 0 Å². The highest BCUT2D eigenvalue weighted by Gasteiger charge is 2.18. The fourth-order valence-corrected chi connectivity index (χ4v) is 4.12. The highest BCUT2D eigenvalue weighted by Crippen LogP contribution is 2.30. The highest BCUT2D eigenvalue weighted by atomic mass is 79.9. The average Bonchev–Trinajstić information content (AvgIpc) is 3.16. The van der Waals surface area contributed by atoms with Gasteiger partial charge in [0.2, 0.25) is 11.5 Å². The number of carbonyl (C=O) groups excluding carboxylic acids is 1. The van der Waals surface area contributed by atoms with Crippen LogP contribution in [0, 0.1) is 0 Å². The van der Waals surface area contributed by atoms with Crippen LogP contribution in [0.1, 0.15) is 0 Å². The first-order valence-electron chi connectivity index (χ1n) is 9.89. The monoisotopic (exact) mass is 482 g/mol. The molecule has 0 bridgehead atoms.